The Morgan fingerprint density at radius 3 is 2.94 bits per heavy atom. The first-order valence-corrected chi connectivity index (χ1v) is 6.27. The summed E-state index contributed by atoms with van der Waals surface area (Å²) < 4.78 is 13.0. The first kappa shape index (κ1) is 12.0. The number of halogens is 1. The van der Waals surface area contributed by atoms with E-state index in [0.717, 1.165) is 6.42 Å². The van der Waals surface area contributed by atoms with Crippen LogP contribution in [0.1, 0.15) is 11.8 Å². The van der Waals surface area contributed by atoms with Gasteiger partial charge in [-0.3, -0.25) is 0 Å². The van der Waals surface area contributed by atoms with Crippen molar-refractivity contribution in [1.29, 1.82) is 0 Å². The predicted molar refractivity (Wildman–Crippen MR) is 67.9 cm³/mol. The average molecular weight is 251 g/mol. The second kappa shape index (κ2) is 5.23. The van der Waals surface area contributed by atoms with Crippen molar-refractivity contribution >= 4 is 17.2 Å². The summed E-state index contributed by atoms with van der Waals surface area (Å²) in [6.45, 7) is 2.10. The number of aromatic nitrogens is 2. The normalized spacial score (nSPS) is 12.4. The van der Waals surface area contributed by atoms with Gasteiger partial charge in [0.15, 0.2) is 0 Å². The Balaban J connectivity index is 2.06. The molecule has 17 heavy (non-hydrogen) atoms. The third-order valence-electron chi connectivity index (χ3n) is 2.72. The maximum atomic E-state index is 13.0. The molecule has 0 aromatic carbocycles. The molecule has 0 fully saturated rings. The maximum Gasteiger partial charge on any atom is 0.218 e. The first-order chi connectivity index (χ1) is 8.16. The summed E-state index contributed by atoms with van der Waals surface area (Å²) in [5.41, 5.74) is 0. The molecule has 90 valence electrons. The largest absolute Gasteiger partial charge is 0.356 e. The van der Waals surface area contributed by atoms with Crippen molar-refractivity contribution < 1.29 is 4.39 Å². The van der Waals surface area contributed by atoms with Gasteiger partial charge in [-0.15, -0.1) is 11.3 Å². The lowest BCUT2D eigenvalue weighted by molar-refractivity contribution is 0.575. The van der Waals surface area contributed by atoms with Gasteiger partial charge in [-0.25, -0.2) is 9.97 Å². The SMILES string of the molecule is CC(Cc1cccs1)N(C)c1cc(F)ncn1. The summed E-state index contributed by atoms with van der Waals surface area (Å²) in [7, 11) is 1.92. The lowest BCUT2D eigenvalue weighted by atomic mass is 10.2. The van der Waals surface area contributed by atoms with E-state index in [0.29, 0.717) is 5.82 Å². The quantitative estimate of drug-likeness (QED) is 0.782. The van der Waals surface area contributed by atoms with Gasteiger partial charge in [-0.2, -0.15) is 4.39 Å². The monoisotopic (exact) mass is 251 g/mol. The molecule has 2 heterocycles. The zero-order chi connectivity index (χ0) is 12.3. The molecule has 0 aliphatic rings. The minimum Gasteiger partial charge on any atom is -0.356 e. The van der Waals surface area contributed by atoms with Crippen LogP contribution in [0.3, 0.4) is 0 Å². The van der Waals surface area contributed by atoms with Crippen LogP contribution in [0, 0.1) is 5.95 Å². The van der Waals surface area contributed by atoms with Gasteiger partial charge >= 0.3 is 0 Å². The van der Waals surface area contributed by atoms with E-state index >= 15 is 0 Å². The number of rotatable bonds is 4. The van der Waals surface area contributed by atoms with Gasteiger partial charge in [0.1, 0.15) is 12.1 Å². The van der Waals surface area contributed by atoms with Crippen LogP contribution in [0.25, 0.3) is 0 Å². The van der Waals surface area contributed by atoms with Crippen molar-refractivity contribution in [3.8, 4) is 0 Å². The predicted octanol–water partition coefficient (Wildman–Crippen LogP) is 2.74. The molecule has 0 aliphatic heterocycles. The van der Waals surface area contributed by atoms with Crippen molar-refractivity contribution in [2.24, 2.45) is 0 Å². The minimum absolute atomic E-state index is 0.267. The standard InChI is InChI=1S/C12H14FN3S/c1-9(6-10-4-3-5-17-10)16(2)12-7-11(13)14-8-15-12/h3-5,7-9H,6H2,1-2H3. The molecule has 2 aromatic rings. The van der Waals surface area contributed by atoms with Gasteiger partial charge in [0.25, 0.3) is 0 Å². The summed E-state index contributed by atoms with van der Waals surface area (Å²) in [4.78, 5) is 10.8. The summed E-state index contributed by atoms with van der Waals surface area (Å²) in [5.74, 6) is 0.117. The van der Waals surface area contributed by atoms with Crippen LogP contribution in [0.4, 0.5) is 10.2 Å². The molecule has 0 saturated heterocycles. The Morgan fingerprint density at radius 1 is 1.47 bits per heavy atom. The summed E-state index contributed by atoms with van der Waals surface area (Å²) in [6, 6.07) is 5.76. The molecule has 2 aromatic heterocycles. The molecular weight excluding hydrogens is 237 g/mol. The topological polar surface area (TPSA) is 29.0 Å². The van der Waals surface area contributed by atoms with Gasteiger partial charge in [-0.1, -0.05) is 6.07 Å². The number of hydrogen-bond acceptors (Lipinski definition) is 4. The molecule has 0 bridgehead atoms. The van der Waals surface area contributed by atoms with E-state index in [1.54, 1.807) is 11.3 Å². The molecular formula is C12H14FN3S. The minimum atomic E-state index is -0.495. The van der Waals surface area contributed by atoms with Crippen LogP contribution in [0.2, 0.25) is 0 Å². The zero-order valence-electron chi connectivity index (χ0n) is 9.80. The van der Waals surface area contributed by atoms with E-state index in [1.165, 1.54) is 17.3 Å². The van der Waals surface area contributed by atoms with E-state index in [1.807, 2.05) is 18.0 Å². The van der Waals surface area contributed by atoms with Crippen molar-refractivity contribution in [3.05, 3.63) is 40.7 Å². The number of nitrogens with zero attached hydrogens (tertiary/aromatic N) is 3. The third kappa shape index (κ3) is 3.00. The number of hydrogen-bond donors (Lipinski definition) is 0. The lowest BCUT2D eigenvalue weighted by Crippen LogP contribution is -2.31. The molecule has 0 aliphatic carbocycles. The first-order valence-electron chi connectivity index (χ1n) is 5.39. The molecule has 5 heteroatoms. The second-order valence-corrected chi connectivity index (χ2v) is 4.97. The van der Waals surface area contributed by atoms with E-state index in [9.17, 15) is 4.39 Å². The molecule has 3 nitrogen and oxygen atoms in total. The molecule has 0 N–H and O–H groups in total. The van der Waals surface area contributed by atoms with Crippen LogP contribution in [0.5, 0.6) is 0 Å². The number of likely N-dealkylation sites (N-methyl/N-ethyl adjacent to an activating group) is 1. The molecule has 0 amide bonds. The Morgan fingerprint density at radius 2 is 2.29 bits per heavy atom. The van der Waals surface area contributed by atoms with Crippen LogP contribution < -0.4 is 4.90 Å². The summed E-state index contributed by atoms with van der Waals surface area (Å²) in [6.07, 6.45) is 2.18. The Kier molecular flexibility index (Phi) is 3.68. The summed E-state index contributed by atoms with van der Waals surface area (Å²) >= 11 is 1.73. The molecule has 0 spiro atoms. The fourth-order valence-electron chi connectivity index (χ4n) is 1.60. The van der Waals surface area contributed by atoms with Gasteiger partial charge in [0, 0.05) is 30.5 Å². The van der Waals surface area contributed by atoms with Crippen molar-refractivity contribution in [2.75, 3.05) is 11.9 Å². The molecule has 1 atom stereocenters. The number of anilines is 1. The van der Waals surface area contributed by atoms with Crippen molar-refractivity contribution in [1.82, 2.24) is 9.97 Å². The highest BCUT2D eigenvalue weighted by Crippen LogP contribution is 2.17. The number of thiophene rings is 1. The highest BCUT2D eigenvalue weighted by Gasteiger charge is 2.13. The Labute approximate surface area is 104 Å². The van der Waals surface area contributed by atoms with Gasteiger partial charge in [0.05, 0.1) is 0 Å². The zero-order valence-corrected chi connectivity index (χ0v) is 10.6. The fraction of sp³-hybridized carbons (Fsp3) is 0.333. The average Bonchev–Trinajstić information content (AvgIpc) is 2.80. The molecule has 2 rings (SSSR count). The Bertz CT molecular complexity index is 472. The van der Waals surface area contributed by atoms with Crippen LogP contribution in [-0.2, 0) is 6.42 Å². The van der Waals surface area contributed by atoms with Crippen LogP contribution >= 0.6 is 11.3 Å². The van der Waals surface area contributed by atoms with Gasteiger partial charge < -0.3 is 4.90 Å². The summed E-state index contributed by atoms with van der Waals surface area (Å²) in [5, 5.41) is 2.06. The van der Waals surface area contributed by atoms with E-state index in [-0.39, 0.29) is 6.04 Å². The highest BCUT2D eigenvalue weighted by atomic mass is 32.1. The maximum absolute atomic E-state index is 13.0. The van der Waals surface area contributed by atoms with Crippen molar-refractivity contribution in [2.45, 2.75) is 19.4 Å². The van der Waals surface area contributed by atoms with Crippen LogP contribution in [-0.4, -0.2) is 23.1 Å². The second-order valence-electron chi connectivity index (χ2n) is 3.94. The van der Waals surface area contributed by atoms with Gasteiger partial charge in [0.2, 0.25) is 5.95 Å². The van der Waals surface area contributed by atoms with E-state index in [4.69, 9.17) is 0 Å². The van der Waals surface area contributed by atoms with E-state index < -0.39 is 5.95 Å². The third-order valence-corrected chi connectivity index (χ3v) is 3.62. The highest BCUT2D eigenvalue weighted by molar-refractivity contribution is 7.09. The van der Waals surface area contributed by atoms with E-state index in [2.05, 4.69) is 28.3 Å². The van der Waals surface area contributed by atoms with Gasteiger partial charge in [-0.05, 0) is 18.4 Å². The fourth-order valence-corrected chi connectivity index (χ4v) is 2.43. The smallest absolute Gasteiger partial charge is 0.218 e. The van der Waals surface area contributed by atoms with Crippen LogP contribution in [0.15, 0.2) is 29.9 Å². The Hall–Kier alpha value is -1.49. The van der Waals surface area contributed by atoms with Crippen molar-refractivity contribution in [3.63, 3.8) is 0 Å². The molecule has 0 radical (unpaired) electrons. The molecule has 1 unspecified atom stereocenters. The lowest BCUT2D eigenvalue weighted by Gasteiger charge is -2.25. The molecule has 0 saturated carbocycles.